The highest BCUT2D eigenvalue weighted by Gasteiger charge is 1.96. The van der Waals surface area contributed by atoms with Gasteiger partial charge >= 0.3 is 0 Å². The van der Waals surface area contributed by atoms with Gasteiger partial charge in [-0.1, -0.05) is 58.3 Å². The average Bonchev–Trinajstić information content (AvgIpc) is 2.20. The molecule has 0 saturated heterocycles. The maximum Gasteiger partial charge on any atom is 0.107 e. The van der Waals surface area contributed by atoms with Crippen LogP contribution in [-0.4, -0.2) is 18.8 Å². The molecule has 100 valence electrons. The van der Waals surface area contributed by atoms with E-state index in [4.69, 9.17) is 5.21 Å². The van der Waals surface area contributed by atoms with Crippen LogP contribution in [0.5, 0.6) is 0 Å². The lowest BCUT2D eigenvalue weighted by Crippen LogP contribution is -3.06. The molecule has 0 aliphatic heterocycles. The second-order valence-corrected chi connectivity index (χ2v) is 4.67. The smallest absolute Gasteiger partial charge is 0.107 e. The van der Waals surface area contributed by atoms with Crippen LogP contribution in [0.3, 0.4) is 0 Å². The van der Waals surface area contributed by atoms with E-state index < -0.39 is 0 Å². The fourth-order valence-electron chi connectivity index (χ4n) is 1.87. The van der Waals surface area contributed by atoms with Crippen LogP contribution < -0.4 is 29.0 Å². The minimum Gasteiger partial charge on any atom is -1.00 e. The zero-order valence-corrected chi connectivity index (χ0v) is 13.3. The third-order valence-corrected chi connectivity index (χ3v) is 2.89. The molecule has 3 heteroatoms. The van der Waals surface area contributed by atoms with Crippen LogP contribution in [0.2, 0.25) is 0 Å². The topological polar surface area (TPSA) is 24.7 Å². The van der Waals surface area contributed by atoms with Gasteiger partial charge in [0.05, 0.1) is 7.05 Å². The Morgan fingerprint density at radius 1 is 0.750 bits per heavy atom. The molecule has 16 heavy (non-hydrogen) atoms. The van der Waals surface area contributed by atoms with Crippen molar-refractivity contribution in [3.8, 4) is 0 Å². The first-order valence-corrected chi connectivity index (χ1v) is 6.78. The molecule has 2 N–H and O–H groups in total. The van der Waals surface area contributed by atoms with Crippen LogP contribution in [0.4, 0.5) is 0 Å². The fourth-order valence-corrected chi connectivity index (χ4v) is 1.87. The molecule has 0 aliphatic rings. The van der Waals surface area contributed by atoms with Crippen LogP contribution in [0.25, 0.3) is 0 Å². The van der Waals surface area contributed by atoms with Crippen molar-refractivity contribution >= 4 is 0 Å². The largest absolute Gasteiger partial charge is 1.00 e. The van der Waals surface area contributed by atoms with Gasteiger partial charge in [0.15, 0.2) is 0 Å². The summed E-state index contributed by atoms with van der Waals surface area (Å²) in [7, 11) is 1.80. The van der Waals surface area contributed by atoms with Gasteiger partial charge in [-0.3, -0.25) is 0 Å². The van der Waals surface area contributed by atoms with Crippen molar-refractivity contribution in [2.75, 3.05) is 13.6 Å². The summed E-state index contributed by atoms with van der Waals surface area (Å²) < 4.78 is 0. The second kappa shape index (κ2) is 15.6. The van der Waals surface area contributed by atoms with E-state index in [1.807, 2.05) is 0 Å². The highest BCUT2D eigenvalue weighted by atomic mass is 127. The Morgan fingerprint density at radius 3 is 1.50 bits per heavy atom. The Kier molecular flexibility index (Phi) is 18.6. The number of halogens is 1. The maximum absolute atomic E-state index is 8.99. The number of nitrogens with one attached hydrogen (secondary N) is 1. The van der Waals surface area contributed by atoms with Gasteiger partial charge in [0.25, 0.3) is 0 Å². The lowest BCUT2D eigenvalue weighted by atomic mass is 10.1. The summed E-state index contributed by atoms with van der Waals surface area (Å²) in [6, 6.07) is 0. The number of hydrogen-bond donors (Lipinski definition) is 2. The molecule has 0 radical (unpaired) electrons. The second-order valence-electron chi connectivity index (χ2n) is 4.67. The summed E-state index contributed by atoms with van der Waals surface area (Å²) in [6.07, 6.45) is 13.6. The van der Waals surface area contributed by atoms with E-state index in [-0.39, 0.29) is 24.0 Å². The van der Waals surface area contributed by atoms with Crippen molar-refractivity contribution in [1.82, 2.24) is 0 Å². The minimum absolute atomic E-state index is 0. The molecule has 1 unspecified atom stereocenters. The van der Waals surface area contributed by atoms with Gasteiger partial charge < -0.3 is 24.0 Å². The third-order valence-electron chi connectivity index (χ3n) is 2.89. The first-order chi connectivity index (χ1) is 7.27. The molecule has 0 rings (SSSR count). The molecule has 1 atom stereocenters. The molecular weight excluding hydrogens is 313 g/mol. The molecule has 2 nitrogen and oxygen atoms in total. The summed E-state index contributed by atoms with van der Waals surface area (Å²) in [5, 5.41) is 9.58. The van der Waals surface area contributed by atoms with E-state index in [0.29, 0.717) is 5.06 Å². The Morgan fingerprint density at radius 2 is 1.12 bits per heavy atom. The lowest BCUT2D eigenvalue weighted by molar-refractivity contribution is -1.07. The number of quaternary nitrogens is 1. The van der Waals surface area contributed by atoms with Crippen LogP contribution in [0.15, 0.2) is 0 Å². The van der Waals surface area contributed by atoms with Crippen molar-refractivity contribution in [3.63, 3.8) is 0 Å². The summed E-state index contributed by atoms with van der Waals surface area (Å²) in [5.41, 5.74) is 0. The van der Waals surface area contributed by atoms with Gasteiger partial charge in [-0.15, -0.1) is 0 Å². The molecule has 0 aliphatic carbocycles. The molecule has 0 saturated carbocycles. The molecule has 0 heterocycles. The van der Waals surface area contributed by atoms with Crippen molar-refractivity contribution in [1.29, 1.82) is 0 Å². The van der Waals surface area contributed by atoms with Crippen molar-refractivity contribution < 1.29 is 34.2 Å². The van der Waals surface area contributed by atoms with E-state index in [9.17, 15) is 0 Å². The summed E-state index contributed by atoms with van der Waals surface area (Å²) in [4.78, 5) is 0. The lowest BCUT2D eigenvalue weighted by Gasteiger charge is -2.04. The van der Waals surface area contributed by atoms with E-state index >= 15 is 0 Å². The molecule has 0 fully saturated rings. The van der Waals surface area contributed by atoms with Gasteiger partial charge in [0.2, 0.25) is 0 Å². The SMILES string of the molecule is CCCCCCCCCCCC[NH+](C)O.[I-]. The first kappa shape index (κ1) is 19.0. The molecule has 0 spiro atoms. The Labute approximate surface area is 119 Å². The Balaban J connectivity index is 0. The highest BCUT2D eigenvalue weighted by Crippen LogP contribution is 2.09. The molecule has 0 aromatic heterocycles. The predicted octanol–water partition coefficient (Wildman–Crippen LogP) is -0.185. The Hall–Kier alpha value is 0.650. The number of unbranched alkanes of at least 4 members (excludes halogenated alkanes) is 9. The summed E-state index contributed by atoms with van der Waals surface area (Å²) in [6.45, 7) is 3.16. The van der Waals surface area contributed by atoms with Crippen molar-refractivity contribution in [2.45, 2.75) is 71.1 Å². The monoisotopic (exact) mass is 343 g/mol. The summed E-state index contributed by atoms with van der Waals surface area (Å²) in [5.74, 6) is 0. The molecular formula is C13H30INO. The molecule has 0 amide bonds. The van der Waals surface area contributed by atoms with E-state index in [2.05, 4.69) is 6.92 Å². The third kappa shape index (κ3) is 17.1. The molecule has 0 bridgehead atoms. The predicted molar refractivity (Wildman–Crippen MR) is 65.4 cm³/mol. The minimum atomic E-state index is 0. The van der Waals surface area contributed by atoms with Crippen LogP contribution >= 0.6 is 0 Å². The Bertz CT molecular complexity index is 121. The zero-order chi connectivity index (χ0) is 11.4. The molecule has 0 aromatic carbocycles. The van der Waals surface area contributed by atoms with Crippen LogP contribution in [0.1, 0.15) is 71.1 Å². The first-order valence-electron chi connectivity index (χ1n) is 6.78. The van der Waals surface area contributed by atoms with E-state index in [1.165, 1.54) is 57.8 Å². The van der Waals surface area contributed by atoms with Gasteiger partial charge in [0, 0.05) is 0 Å². The quantitative estimate of drug-likeness (QED) is 0.304. The van der Waals surface area contributed by atoms with E-state index in [0.717, 1.165) is 13.0 Å². The number of hydroxylamine groups is 2. The van der Waals surface area contributed by atoms with Crippen molar-refractivity contribution in [2.24, 2.45) is 0 Å². The van der Waals surface area contributed by atoms with Gasteiger partial charge in [0.1, 0.15) is 6.54 Å². The van der Waals surface area contributed by atoms with Crippen LogP contribution in [0, 0.1) is 0 Å². The molecule has 0 aromatic rings. The standard InChI is InChI=1S/C13H29NO.HI/c1-3-4-5-6-7-8-9-10-11-12-13-14(2)15;/h15H,3-13H2,1-2H3;1H. The van der Waals surface area contributed by atoms with Gasteiger partial charge in [-0.2, -0.15) is 5.06 Å². The highest BCUT2D eigenvalue weighted by molar-refractivity contribution is 4.46. The fraction of sp³-hybridized carbons (Fsp3) is 1.00. The number of hydrogen-bond acceptors (Lipinski definition) is 1. The number of rotatable bonds is 11. The van der Waals surface area contributed by atoms with Gasteiger partial charge in [-0.05, 0) is 12.8 Å². The zero-order valence-electron chi connectivity index (χ0n) is 11.1. The van der Waals surface area contributed by atoms with Crippen LogP contribution in [-0.2, 0) is 0 Å². The van der Waals surface area contributed by atoms with Crippen molar-refractivity contribution in [3.05, 3.63) is 0 Å². The normalized spacial score (nSPS) is 12.2. The van der Waals surface area contributed by atoms with Gasteiger partial charge in [-0.25, -0.2) is 5.21 Å². The van der Waals surface area contributed by atoms with E-state index in [1.54, 1.807) is 7.05 Å². The average molecular weight is 343 g/mol. The summed E-state index contributed by atoms with van der Waals surface area (Å²) >= 11 is 0. The maximum atomic E-state index is 8.99.